The molecule has 3 aromatic rings. The largest absolute Gasteiger partial charge is 0.326 e. The number of halogens is 1. The lowest BCUT2D eigenvalue weighted by Gasteiger charge is -2.09. The van der Waals surface area contributed by atoms with E-state index in [1.165, 1.54) is 19.2 Å². The van der Waals surface area contributed by atoms with Crippen molar-refractivity contribution in [1.82, 2.24) is 9.97 Å². The molecule has 0 aliphatic heterocycles. The summed E-state index contributed by atoms with van der Waals surface area (Å²) in [6, 6.07) is 15.4. The average Bonchev–Trinajstić information content (AvgIpc) is 2.64. The topological polar surface area (TPSA) is 96.0 Å². The third-order valence-electron chi connectivity index (χ3n) is 3.43. The molecule has 0 fully saturated rings. The van der Waals surface area contributed by atoms with Crippen molar-refractivity contribution in [3.8, 4) is 0 Å². The first-order chi connectivity index (χ1) is 13.0. The number of anilines is 4. The van der Waals surface area contributed by atoms with E-state index in [9.17, 15) is 9.59 Å². The highest BCUT2D eigenvalue weighted by Gasteiger charge is 2.10. The summed E-state index contributed by atoms with van der Waals surface area (Å²) in [5.74, 6) is -0.291. The number of nitrogens with one attached hydrogen (secondary N) is 3. The number of nitrogens with zero attached hydrogens (tertiary/aromatic N) is 2. The second kappa shape index (κ2) is 8.29. The summed E-state index contributed by atoms with van der Waals surface area (Å²) in [7, 11) is 0. The molecule has 7 nitrogen and oxygen atoms in total. The highest BCUT2D eigenvalue weighted by Crippen LogP contribution is 2.18. The first kappa shape index (κ1) is 18.3. The predicted molar refractivity (Wildman–Crippen MR) is 105 cm³/mol. The molecule has 0 atom stereocenters. The number of aromatic nitrogens is 2. The molecule has 27 heavy (non-hydrogen) atoms. The van der Waals surface area contributed by atoms with Gasteiger partial charge in [-0.25, -0.2) is 9.97 Å². The molecule has 3 N–H and O–H groups in total. The lowest BCUT2D eigenvalue weighted by Crippen LogP contribution is -2.15. The van der Waals surface area contributed by atoms with Crippen LogP contribution in [0.15, 0.2) is 60.8 Å². The van der Waals surface area contributed by atoms with E-state index in [0.29, 0.717) is 16.4 Å². The van der Waals surface area contributed by atoms with Crippen LogP contribution in [0.25, 0.3) is 0 Å². The van der Waals surface area contributed by atoms with Crippen LogP contribution in [0.1, 0.15) is 17.4 Å². The van der Waals surface area contributed by atoms with Crippen molar-refractivity contribution in [2.75, 3.05) is 16.0 Å². The van der Waals surface area contributed by atoms with Gasteiger partial charge >= 0.3 is 0 Å². The molecule has 2 amide bonds. The minimum absolute atomic E-state index is 0.188. The fourth-order valence-electron chi connectivity index (χ4n) is 2.28. The number of carbonyl (C=O) groups is 2. The summed E-state index contributed by atoms with van der Waals surface area (Å²) >= 11 is 5.86. The number of benzene rings is 2. The first-order valence-corrected chi connectivity index (χ1v) is 8.42. The summed E-state index contributed by atoms with van der Waals surface area (Å²) < 4.78 is 0. The van der Waals surface area contributed by atoms with Crippen LogP contribution >= 0.6 is 11.6 Å². The molecule has 136 valence electrons. The van der Waals surface area contributed by atoms with E-state index in [0.717, 1.165) is 5.69 Å². The molecule has 0 bridgehead atoms. The molecule has 0 saturated heterocycles. The van der Waals surface area contributed by atoms with Gasteiger partial charge in [0.2, 0.25) is 11.9 Å². The SMILES string of the molecule is CC(=O)Nc1cccc(NC(=O)c2ccnc(Nc3ccc(Cl)cc3)n2)c1. The van der Waals surface area contributed by atoms with Crippen molar-refractivity contribution in [1.29, 1.82) is 0 Å². The molecule has 1 aromatic heterocycles. The van der Waals surface area contributed by atoms with Crippen molar-refractivity contribution >= 4 is 46.4 Å². The zero-order valence-electron chi connectivity index (χ0n) is 14.4. The van der Waals surface area contributed by atoms with Crippen molar-refractivity contribution < 1.29 is 9.59 Å². The summed E-state index contributed by atoms with van der Waals surface area (Å²) in [5.41, 5.74) is 2.08. The maximum Gasteiger partial charge on any atom is 0.274 e. The van der Waals surface area contributed by atoms with E-state index in [-0.39, 0.29) is 17.5 Å². The Balaban J connectivity index is 1.71. The third-order valence-corrected chi connectivity index (χ3v) is 3.68. The Morgan fingerprint density at radius 2 is 1.63 bits per heavy atom. The minimum Gasteiger partial charge on any atom is -0.326 e. The van der Waals surface area contributed by atoms with Crippen LogP contribution in [0.3, 0.4) is 0 Å². The molecular weight excluding hydrogens is 366 g/mol. The van der Waals surface area contributed by atoms with Gasteiger partial charge < -0.3 is 16.0 Å². The van der Waals surface area contributed by atoms with Crippen LogP contribution in [0, 0.1) is 0 Å². The molecule has 0 spiro atoms. The first-order valence-electron chi connectivity index (χ1n) is 8.04. The zero-order valence-corrected chi connectivity index (χ0v) is 15.1. The van der Waals surface area contributed by atoms with Gasteiger partial charge in [0.1, 0.15) is 5.69 Å². The molecule has 0 radical (unpaired) electrons. The Morgan fingerprint density at radius 3 is 2.33 bits per heavy atom. The van der Waals surface area contributed by atoms with Crippen molar-refractivity contribution in [3.63, 3.8) is 0 Å². The molecule has 3 rings (SSSR count). The molecule has 2 aromatic carbocycles. The number of hydrogen-bond acceptors (Lipinski definition) is 5. The van der Waals surface area contributed by atoms with E-state index >= 15 is 0 Å². The van der Waals surface area contributed by atoms with Gasteiger partial charge in [0.05, 0.1) is 0 Å². The fourth-order valence-corrected chi connectivity index (χ4v) is 2.41. The van der Waals surface area contributed by atoms with Crippen molar-refractivity contribution in [2.24, 2.45) is 0 Å². The van der Waals surface area contributed by atoms with Gasteiger partial charge in [-0.2, -0.15) is 0 Å². The van der Waals surface area contributed by atoms with Gasteiger partial charge in [0.25, 0.3) is 5.91 Å². The molecule has 1 heterocycles. The van der Waals surface area contributed by atoms with Gasteiger partial charge in [0.15, 0.2) is 0 Å². The lowest BCUT2D eigenvalue weighted by atomic mass is 10.2. The van der Waals surface area contributed by atoms with E-state index in [1.54, 1.807) is 48.5 Å². The van der Waals surface area contributed by atoms with Crippen LogP contribution in [0.5, 0.6) is 0 Å². The number of carbonyl (C=O) groups excluding carboxylic acids is 2. The lowest BCUT2D eigenvalue weighted by molar-refractivity contribution is -0.114. The van der Waals surface area contributed by atoms with Gasteiger partial charge in [-0.1, -0.05) is 17.7 Å². The van der Waals surface area contributed by atoms with E-state index in [4.69, 9.17) is 11.6 Å². The number of amides is 2. The molecular formula is C19H16ClN5O2. The van der Waals surface area contributed by atoms with Gasteiger partial charge in [-0.15, -0.1) is 0 Å². The Bertz CT molecular complexity index is 976. The standard InChI is InChI=1S/C19H16ClN5O2/c1-12(26)22-15-3-2-4-16(11-15)23-18(27)17-9-10-21-19(25-17)24-14-7-5-13(20)6-8-14/h2-11H,1H3,(H,22,26)(H,23,27)(H,21,24,25). The second-order valence-corrected chi connectivity index (χ2v) is 6.05. The third kappa shape index (κ3) is 5.26. The monoisotopic (exact) mass is 381 g/mol. The van der Waals surface area contributed by atoms with Gasteiger partial charge in [-0.3, -0.25) is 9.59 Å². The van der Waals surface area contributed by atoms with Gasteiger partial charge in [-0.05, 0) is 48.5 Å². The Kier molecular flexibility index (Phi) is 5.63. The van der Waals surface area contributed by atoms with Crippen molar-refractivity contribution in [3.05, 3.63) is 71.5 Å². The zero-order chi connectivity index (χ0) is 19.2. The van der Waals surface area contributed by atoms with E-state index in [1.807, 2.05) is 0 Å². The normalized spacial score (nSPS) is 10.1. The maximum absolute atomic E-state index is 12.5. The van der Waals surface area contributed by atoms with Crippen molar-refractivity contribution in [2.45, 2.75) is 6.92 Å². The Morgan fingerprint density at radius 1 is 0.926 bits per heavy atom. The molecule has 8 heteroatoms. The highest BCUT2D eigenvalue weighted by molar-refractivity contribution is 6.30. The molecule has 0 unspecified atom stereocenters. The summed E-state index contributed by atoms with van der Waals surface area (Å²) in [4.78, 5) is 31.9. The maximum atomic E-state index is 12.5. The van der Waals surface area contributed by atoms with Crippen LogP contribution in [0.4, 0.5) is 23.0 Å². The van der Waals surface area contributed by atoms with Crippen LogP contribution < -0.4 is 16.0 Å². The molecule has 0 saturated carbocycles. The van der Waals surface area contributed by atoms with Crippen LogP contribution in [-0.4, -0.2) is 21.8 Å². The Labute approximate surface area is 160 Å². The van der Waals surface area contributed by atoms with Crippen LogP contribution in [0.2, 0.25) is 5.02 Å². The van der Waals surface area contributed by atoms with E-state index in [2.05, 4.69) is 25.9 Å². The van der Waals surface area contributed by atoms with Gasteiger partial charge in [0, 0.05) is 35.2 Å². The average molecular weight is 382 g/mol. The smallest absolute Gasteiger partial charge is 0.274 e. The Hall–Kier alpha value is -3.45. The molecule has 0 aliphatic rings. The van der Waals surface area contributed by atoms with E-state index < -0.39 is 5.91 Å². The predicted octanol–water partition coefficient (Wildman–Crippen LogP) is 4.08. The summed E-state index contributed by atoms with van der Waals surface area (Å²) in [5, 5.41) is 9.04. The summed E-state index contributed by atoms with van der Waals surface area (Å²) in [6.07, 6.45) is 1.49. The number of rotatable bonds is 5. The molecule has 0 aliphatic carbocycles. The fraction of sp³-hybridized carbons (Fsp3) is 0.0526. The summed E-state index contributed by atoms with van der Waals surface area (Å²) in [6.45, 7) is 1.42. The highest BCUT2D eigenvalue weighted by atomic mass is 35.5. The van der Waals surface area contributed by atoms with Crippen LogP contribution in [-0.2, 0) is 4.79 Å². The minimum atomic E-state index is -0.392. The number of hydrogen-bond donors (Lipinski definition) is 3. The second-order valence-electron chi connectivity index (χ2n) is 5.61. The quantitative estimate of drug-likeness (QED) is 0.618.